The number of para-hydroxylation sites is 1. The van der Waals surface area contributed by atoms with Crippen LogP contribution in [0.25, 0.3) is 0 Å². The molecule has 3 rings (SSSR count). The van der Waals surface area contributed by atoms with Gasteiger partial charge in [0.05, 0.1) is 0 Å². The van der Waals surface area contributed by atoms with Crippen LogP contribution >= 0.6 is 11.8 Å². The lowest BCUT2D eigenvalue weighted by molar-refractivity contribution is -0.127. The fourth-order valence-corrected chi connectivity index (χ4v) is 3.31. The Morgan fingerprint density at radius 3 is 2.73 bits per heavy atom. The Kier molecular flexibility index (Phi) is 5.01. The Balaban J connectivity index is 1.35. The van der Waals surface area contributed by atoms with Crippen molar-refractivity contribution in [2.24, 2.45) is 0 Å². The third-order valence-electron chi connectivity index (χ3n) is 3.57. The lowest BCUT2D eigenvalue weighted by Gasteiger charge is -2.11. The van der Waals surface area contributed by atoms with Crippen molar-refractivity contribution in [3.05, 3.63) is 60.2 Å². The van der Waals surface area contributed by atoms with Crippen molar-refractivity contribution in [3.8, 4) is 5.75 Å². The van der Waals surface area contributed by atoms with Crippen LogP contribution in [0.5, 0.6) is 5.75 Å². The summed E-state index contributed by atoms with van der Waals surface area (Å²) in [6.45, 7) is 0.689. The van der Waals surface area contributed by atoms with Gasteiger partial charge in [-0.05, 0) is 35.9 Å². The molecule has 1 N–H and O–H groups in total. The molecule has 4 heteroatoms. The number of thioether (sulfide) groups is 1. The van der Waals surface area contributed by atoms with E-state index in [0.29, 0.717) is 13.0 Å². The third kappa shape index (κ3) is 3.83. The van der Waals surface area contributed by atoms with Crippen LogP contribution in [0.1, 0.15) is 12.0 Å². The number of benzene rings is 2. The SMILES string of the molecule is O=C(NCCCSc1ccccc1)C1Cc2ccccc2O1. The Morgan fingerprint density at radius 2 is 1.91 bits per heavy atom. The number of hydrogen-bond acceptors (Lipinski definition) is 3. The number of hydrogen-bond donors (Lipinski definition) is 1. The molecule has 0 saturated carbocycles. The highest BCUT2D eigenvalue weighted by molar-refractivity contribution is 7.99. The quantitative estimate of drug-likeness (QED) is 0.657. The van der Waals surface area contributed by atoms with Crippen molar-refractivity contribution in [1.82, 2.24) is 5.32 Å². The number of fused-ring (bicyclic) bond motifs is 1. The second kappa shape index (κ2) is 7.36. The highest BCUT2D eigenvalue weighted by Gasteiger charge is 2.28. The molecular weight excluding hydrogens is 294 g/mol. The topological polar surface area (TPSA) is 38.3 Å². The molecule has 1 aliphatic rings. The first-order valence-electron chi connectivity index (χ1n) is 7.53. The van der Waals surface area contributed by atoms with Crippen molar-refractivity contribution in [2.75, 3.05) is 12.3 Å². The maximum Gasteiger partial charge on any atom is 0.261 e. The normalized spacial score (nSPS) is 15.9. The molecule has 1 unspecified atom stereocenters. The van der Waals surface area contributed by atoms with Crippen molar-refractivity contribution >= 4 is 17.7 Å². The molecule has 0 aromatic heterocycles. The summed E-state index contributed by atoms with van der Waals surface area (Å²) in [6, 6.07) is 18.1. The zero-order valence-corrected chi connectivity index (χ0v) is 13.1. The van der Waals surface area contributed by atoms with Gasteiger partial charge in [-0.2, -0.15) is 0 Å². The largest absolute Gasteiger partial charge is 0.480 e. The zero-order chi connectivity index (χ0) is 15.2. The highest BCUT2D eigenvalue weighted by Crippen LogP contribution is 2.28. The summed E-state index contributed by atoms with van der Waals surface area (Å²) in [6.07, 6.45) is 1.24. The minimum Gasteiger partial charge on any atom is -0.480 e. The summed E-state index contributed by atoms with van der Waals surface area (Å²) in [4.78, 5) is 13.4. The van der Waals surface area contributed by atoms with Gasteiger partial charge in [0, 0.05) is 17.9 Å². The molecule has 0 fully saturated rings. The van der Waals surface area contributed by atoms with Crippen molar-refractivity contribution in [1.29, 1.82) is 0 Å². The van der Waals surface area contributed by atoms with Gasteiger partial charge in [0.15, 0.2) is 6.10 Å². The van der Waals surface area contributed by atoms with Gasteiger partial charge in [-0.1, -0.05) is 36.4 Å². The molecule has 1 atom stereocenters. The average Bonchev–Trinajstić information content (AvgIpc) is 2.99. The van der Waals surface area contributed by atoms with Crippen LogP contribution in [0.3, 0.4) is 0 Å². The second-order valence-corrected chi connectivity index (χ2v) is 6.39. The maximum atomic E-state index is 12.1. The van der Waals surface area contributed by atoms with Crippen LogP contribution in [-0.2, 0) is 11.2 Å². The van der Waals surface area contributed by atoms with Crippen LogP contribution in [0.2, 0.25) is 0 Å². The van der Waals surface area contributed by atoms with Crippen molar-refractivity contribution in [3.63, 3.8) is 0 Å². The van der Waals surface area contributed by atoms with E-state index in [-0.39, 0.29) is 12.0 Å². The van der Waals surface area contributed by atoms with Crippen LogP contribution in [0.15, 0.2) is 59.5 Å². The second-order valence-electron chi connectivity index (χ2n) is 5.22. The first kappa shape index (κ1) is 15.0. The molecule has 22 heavy (non-hydrogen) atoms. The van der Waals surface area contributed by atoms with Gasteiger partial charge in [0.25, 0.3) is 5.91 Å². The molecule has 0 saturated heterocycles. The molecule has 0 spiro atoms. The van der Waals surface area contributed by atoms with Crippen LogP contribution in [0.4, 0.5) is 0 Å². The van der Waals surface area contributed by atoms with Crippen LogP contribution in [-0.4, -0.2) is 24.3 Å². The number of ether oxygens (including phenoxy) is 1. The number of nitrogens with one attached hydrogen (secondary N) is 1. The summed E-state index contributed by atoms with van der Waals surface area (Å²) < 4.78 is 5.68. The maximum absolute atomic E-state index is 12.1. The van der Waals surface area contributed by atoms with E-state index in [9.17, 15) is 4.79 Å². The molecular formula is C18H19NO2S. The predicted octanol–water partition coefficient (Wildman–Crippen LogP) is 3.29. The van der Waals surface area contributed by atoms with Gasteiger partial charge < -0.3 is 10.1 Å². The lowest BCUT2D eigenvalue weighted by atomic mass is 10.1. The molecule has 0 bridgehead atoms. The van der Waals surface area contributed by atoms with Crippen LogP contribution < -0.4 is 10.1 Å². The van der Waals surface area contributed by atoms with E-state index in [4.69, 9.17) is 4.74 Å². The van der Waals surface area contributed by atoms with Crippen LogP contribution in [0, 0.1) is 0 Å². The van der Waals surface area contributed by atoms with E-state index >= 15 is 0 Å². The van der Waals surface area contributed by atoms with E-state index in [2.05, 4.69) is 17.4 Å². The Morgan fingerprint density at radius 1 is 1.14 bits per heavy atom. The molecule has 0 radical (unpaired) electrons. The van der Waals surface area contributed by atoms with Crippen molar-refractivity contribution < 1.29 is 9.53 Å². The van der Waals surface area contributed by atoms with Gasteiger partial charge in [-0.15, -0.1) is 11.8 Å². The van der Waals surface area contributed by atoms with E-state index in [1.54, 1.807) is 0 Å². The molecule has 1 heterocycles. The molecule has 2 aromatic rings. The first-order chi connectivity index (χ1) is 10.8. The van der Waals surface area contributed by atoms with Gasteiger partial charge in [-0.25, -0.2) is 0 Å². The average molecular weight is 313 g/mol. The number of carbonyl (C=O) groups is 1. The van der Waals surface area contributed by atoms with E-state index in [1.165, 1.54) is 4.90 Å². The summed E-state index contributed by atoms with van der Waals surface area (Å²) in [5, 5.41) is 2.97. The summed E-state index contributed by atoms with van der Waals surface area (Å²) >= 11 is 1.81. The molecule has 3 nitrogen and oxygen atoms in total. The standard InChI is InChI=1S/C18H19NO2S/c20-18(17-13-14-7-4-5-10-16(14)21-17)19-11-6-12-22-15-8-2-1-3-9-15/h1-5,7-10,17H,6,11-13H2,(H,19,20). The number of rotatable bonds is 6. The number of amides is 1. The lowest BCUT2D eigenvalue weighted by Crippen LogP contribution is -2.38. The smallest absolute Gasteiger partial charge is 0.261 e. The Hall–Kier alpha value is -1.94. The van der Waals surface area contributed by atoms with Gasteiger partial charge >= 0.3 is 0 Å². The summed E-state index contributed by atoms with van der Waals surface area (Å²) in [5.41, 5.74) is 1.11. The third-order valence-corrected chi connectivity index (χ3v) is 4.67. The number of carbonyl (C=O) groups excluding carboxylic acids is 1. The molecule has 1 amide bonds. The molecule has 1 aliphatic heterocycles. The fraction of sp³-hybridized carbons (Fsp3) is 0.278. The fourth-order valence-electron chi connectivity index (χ4n) is 2.43. The highest BCUT2D eigenvalue weighted by atomic mass is 32.2. The van der Waals surface area contributed by atoms with E-state index in [0.717, 1.165) is 23.5 Å². The van der Waals surface area contributed by atoms with Gasteiger partial charge in [0.1, 0.15) is 5.75 Å². The Bertz CT molecular complexity index is 605. The first-order valence-corrected chi connectivity index (χ1v) is 8.51. The minimum atomic E-state index is -0.376. The molecule has 2 aromatic carbocycles. The van der Waals surface area contributed by atoms with E-state index in [1.807, 2.05) is 54.2 Å². The Labute approximate surface area is 135 Å². The molecule has 114 valence electrons. The van der Waals surface area contributed by atoms with E-state index < -0.39 is 0 Å². The van der Waals surface area contributed by atoms with Gasteiger partial charge in [0.2, 0.25) is 0 Å². The molecule has 0 aliphatic carbocycles. The predicted molar refractivity (Wildman–Crippen MR) is 89.4 cm³/mol. The van der Waals surface area contributed by atoms with Gasteiger partial charge in [-0.3, -0.25) is 4.79 Å². The van der Waals surface area contributed by atoms with Crippen molar-refractivity contribution in [2.45, 2.75) is 23.8 Å². The minimum absolute atomic E-state index is 0.0130. The summed E-state index contributed by atoms with van der Waals surface area (Å²) in [7, 11) is 0. The summed E-state index contributed by atoms with van der Waals surface area (Å²) in [5.74, 6) is 1.82. The zero-order valence-electron chi connectivity index (χ0n) is 12.3. The monoisotopic (exact) mass is 313 g/mol.